The van der Waals surface area contributed by atoms with Gasteiger partial charge in [0.1, 0.15) is 4.99 Å². The van der Waals surface area contributed by atoms with Crippen molar-refractivity contribution in [3.63, 3.8) is 0 Å². The lowest BCUT2D eigenvalue weighted by molar-refractivity contribution is 0.219. The van der Waals surface area contributed by atoms with E-state index in [1.54, 1.807) is 25.2 Å². The zero-order valence-corrected chi connectivity index (χ0v) is 20.5. The Morgan fingerprint density at radius 1 is 1.19 bits per heavy atom. The van der Waals surface area contributed by atoms with E-state index in [9.17, 15) is 4.57 Å². The van der Waals surface area contributed by atoms with E-state index in [0.717, 1.165) is 44.5 Å². The van der Waals surface area contributed by atoms with E-state index in [2.05, 4.69) is 11.4 Å². The van der Waals surface area contributed by atoms with Gasteiger partial charge < -0.3 is 14.4 Å². The van der Waals surface area contributed by atoms with Crippen LogP contribution in [0.4, 0.5) is 5.13 Å². The lowest BCUT2D eigenvalue weighted by Gasteiger charge is -2.17. The molecule has 1 N–H and O–H groups in total. The molecule has 0 aliphatic heterocycles. The average Bonchev–Trinajstić information content (AvgIpc) is 3.27. The third-order valence-electron chi connectivity index (χ3n) is 4.87. The van der Waals surface area contributed by atoms with Gasteiger partial charge in [-0.25, -0.2) is 4.98 Å². The summed E-state index contributed by atoms with van der Waals surface area (Å²) in [5.41, 5.74) is 4.94. The summed E-state index contributed by atoms with van der Waals surface area (Å²) in [5, 5.41) is 4.79. The number of thiazole rings is 1. The lowest BCUT2D eigenvalue weighted by Crippen LogP contribution is -2.10. The van der Waals surface area contributed by atoms with E-state index in [1.807, 2.05) is 36.4 Å². The van der Waals surface area contributed by atoms with Crippen LogP contribution in [0.15, 0.2) is 42.5 Å². The number of fused-ring (bicyclic) bond motifs is 3. The van der Waals surface area contributed by atoms with Crippen molar-refractivity contribution in [1.29, 1.82) is 0 Å². The Morgan fingerprint density at radius 3 is 2.58 bits per heavy atom. The van der Waals surface area contributed by atoms with Crippen LogP contribution < -0.4 is 5.32 Å². The first-order valence-electron chi connectivity index (χ1n) is 9.98. The molecule has 31 heavy (non-hydrogen) atoms. The Balaban J connectivity index is 1.45. The number of hydrogen-bond acceptors (Lipinski definition) is 6. The Kier molecular flexibility index (Phi) is 6.92. The molecule has 5 nitrogen and oxygen atoms in total. The molecule has 0 saturated heterocycles. The van der Waals surface area contributed by atoms with Crippen LogP contribution in [0.1, 0.15) is 35.4 Å². The number of halogens is 1. The quantitative estimate of drug-likeness (QED) is 0.213. The van der Waals surface area contributed by atoms with Crippen LogP contribution in [0.3, 0.4) is 0 Å². The normalized spacial score (nSPS) is 12.5. The second-order valence-corrected chi connectivity index (χ2v) is 10.9. The molecule has 0 fully saturated rings. The SMILES string of the molecule is CCOP(=O)(Cc1ccc(C(=S)Nc2nc3c(s2)Cc2c(Cl)cccc2-3)cc1)OCC. The molecule has 0 radical (unpaired) electrons. The first-order chi connectivity index (χ1) is 14.9. The summed E-state index contributed by atoms with van der Waals surface area (Å²) in [6.45, 7) is 4.30. The standard InChI is InChI=1S/C22H22ClN2O3PS2/c1-3-27-29(26,28-4-2)13-14-8-10-15(11-9-14)21(30)25-22-24-20-16-6-5-7-18(23)17(16)12-19(20)31-22/h5-11H,3-4,12-13H2,1-2H3,(H,24,25,30). The molecule has 9 heteroatoms. The van der Waals surface area contributed by atoms with Gasteiger partial charge in [-0.05, 0) is 31.0 Å². The van der Waals surface area contributed by atoms with Gasteiger partial charge in [-0.1, -0.05) is 60.2 Å². The van der Waals surface area contributed by atoms with Gasteiger partial charge in [0, 0.05) is 27.4 Å². The third-order valence-corrected chi connectivity index (χ3v) is 8.59. The minimum absolute atomic E-state index is 0.232. The molecular formula is C22H22ClN2O3PS2. The maximum absolute atomic E-state index is 12.7. The zero-order valence-electron chi connectivity index (χ0n) is 17.2. The fourth-order valence-electron chi connectivity index (χ4n) is 3.53. The summed E-state index contributed by atoms with van der Waals surface area (Å²) in [5.74, 6) is 0. The smallest absolute Gasteiger partial charge is 0.322 e. The number of thiocarbonyl (C=S) groups is 1. The molecule has 1 heterocycles. The summed E-state index contributed by atoms with van der Waals surface area (Å²) in [6.07, 6.45) is 1.03. The number of anilines is 1. The first kappa shape index (κ1) is 22.6. The molecular weight excluding hydrogens is 471 g/mol. The Labute approximate surface area is 196 Å². The van der Waals surface area contributed by atoms with Gasteiger partial charge in [0.15, 0.2) is 5.13 Å². The molecule has 0 atom stereocenters. The third kappa shape index (κ3) is 4.92. The van der Waals surface area contributed by atoms with Gasteiger partial charge in [-0.3, -0.25) is 4.57 Å². The monoisotopic (exact) mass is 492 g/mol. The Morgan fingerprint density at radius 2 is 1.90 bits per heavy atom. The highest BCUT2D eigenvalue weighted by Gasteiger charge is 2.26. The molecule has 1 aliphatic rings. The van der Waals surface area contributed by atoms with Crippen molar-refractivity contribution in [2.75, 3.05) is 18.5 Å². The molecule has 0 amide bonds. The van der Waals surface area contributed by atoms with Crippen LogP contribution in [0, 0.1) is 0 Å². The van der Waals surface area contributed by atoms with Crippen LogP contribution in [0.2, 0.25) is 5.02 Å². The van der Waals surface area contributed by atoms with Crippen LogP contribution in [0.25, 0.3) is 11.3 Å². The first-order valence-corrected chi connectivity index (χ1v) is 13.3. The molecule has 0 unspecified atom stereocenters. The Hall–Kier alpha value is -1.60. The molecule has 0 saturated carbocycles. The van der Waals surface area contributed by atoms with E-state index < -0.39 is 7.60 Å². The molecule has 4 rings (SSSR count). The van der Waals surface area contributed by atoms with Crippen molar-refractivity contribution in [3.05, 3.63) is 69.1 Å². The van der Waals surface area contributed by atoms with E-state index >= 15 is 0 Å². The summed E-state index contributed by atoms with van der Waals surface area (Å²) in [6, 6.07) is 13.5. The highest BCUT2D eigenvalue weighted by atomic mass is 35.5. The van der Waals surface area contributed by atoms with Crippen molar-refractivity contribution in [2.24, 2.45) is 0 Å². The fraction of sp³-hybridized carbons (Fsp3) is 0.273. The number of aromatic nitrogens is 1. The van der Waals surface area contributed by atoms with Crippen LogP contribution in [0.5, 0.6) is 0 Å². The molecule has 3 aromatic rings. The maximum atomic E-state index is 12.7. The van der Waals surface area contributed by atoms with Crippen molar-refractivity contribution in [1.82, 2.24) is 4.98 Å². The number of benzene rings is 2. The van der Waals surface area contributed by atoms with E-state index in [4.69, 9.17) is 37.9 Å². The van der Waals surface area contributed by atoms with Crippen molar-refractivity contribution in [2.45, 2.75) is 26.4 Å². The van der Waals surface area contributed by atoms with Gasteiger partial charge in [0.25, 0.3) is 0 Å². The number of rotatable bonds is 8. The predicted molar refractivity (Wildman–Crippen MR) is 132 cm³/mol. The van der Waals surface area contributed by atoms with E-state index in [1.165, 1.54) is 4.88 Å². The van der Waals surface area contributed by atoms with E-state index in [-0.39, 0.29) is 6.16 Å². The van der Waals surface area contributed by atoms with E-state index in [0.29, 0.717) is 18.2 Å². The minimum atomic E-state index is -3.13. The summed E-state index contributed by atoms with van der Waals surface area (Å²) >= 11 is 13.5. The van der Waals surface area contributed by atoms with Crippen LogP contribution >= 0.6 is 42.8 Å². The van der Waals surface area contributed by atoms with Gasteiger partial charge >= 0.3 is 7.60 Å². The van der Waals surface area contributed by atoms with Crippen molar-refractivity contribution in [3.8, 4) is 11.3 Å². The zero-order chi connectivity index (χ0) is 22.0. The summed E-state index contributed by atoms with van der Waals surface area (Å²) < 4.78 is 23.5. The molecule has 2 aromatic carbocycles. The predicted octanol–water partition coefficient (Wildman–Crippen LogP) is 6.92. The molecule has 1 aliphatic carbocycles. The molecule has 162 valence electrons. The van der Waals surface area contributed by atoms with Crippen molar-refractivity contribution >= 4 is 52.9 Å². The minimum Gasteiger partial charge on any atom is -0.322 e. The fourth-order valence-corrected chi connectivity index (χ4v) is 6.77. The maximum Gasteiger partial charge on any atom is 0.335 e. The Bertz CT molecular complexity index is 1150. The molecule has 0 spiro atoms. The highest BCUT2D eigenvalue weighted by Crippen LogP contribution is 2.51. The largest absolute Gasteiger partial charge is 0.335 e. The van der Waals surface area contributed by atoms with Crippen LogP contribution in [-0.2, 0) is 26.2 Å². The topological polar surface area (TPSA) is 60.5 Å². The number of nitrogens with one attached hydrogen (secondary N) is 1. The second-order valence-electron chi connectivity index (χ2n) is 6.99. The number of nitrogens with zero attached hydrogens (tertiary/aromatic N) is 1. The van der Waals surface area contributed by atoms with Gasteiger partial charge in [0.2, 0.25) is 0 Å². The van der Waals surface area contributed by atoms with Crippen LogP contribution in [-0.4, -0.2) is 23.2 Å². The second kappa shape index (κ2) is 9.49. The summed E-state index contributed by atoms with van der Waals surface area (Å²) in [4.78, 5) is 6.51. The molecule has 0 bridgehead atoms. The highest BCUT2D eigenvalue weighted by molar-refractivity contribution is 7.81. The molecule has 1 aromatic heterocycles. The average molecular weight is 493 g/mol. The van der Waals surface area contributed by atoms with Gasteiger partial charge in [-0.15, -0.1) is 11.3 Å². The summed E-state index contributed by atoms with van der Waals surface area (Å²) in [7, 11) is -3.13. The van der Waals surface area contributed by atoms with Crippen molar-refractivity contribution < 1.29 is 13.6 Å². The lowest BCUT2D eigenvalue weighted by atomic mass is 10.1. The number of hydrogen-bond donors (Lipinski definition) is 1. The van der Waals surface area contributed by atoms with Gasteiger partial charge in [-0.2, -0.15) is 0 Å². The van der Waals surface area contributed by atoms with Gasteiger partial charge in [0.05, 0.1) is 25.1 Å².